The van der Waals surface area contributed by atoms with Gasteiger partial charge in [0.05, 0.1) is 23.9 Å². The van der Waals surface area contributed by atoms with Gasteiger partial charge in [-0.2, -0.15) is 0 Å². The van der Waals surface area contributed by atoms with Crippen LogP contribution < -0.4 is 11.2 Å². The van der Waals surface area contributed by atoms with Crippen LogP contribution in [0, 0.1) is 6.92 Å². The molecule has 0 radical (unpaired) electrons. The van der Waals surface area contributed by atoms with E-state index < -0.39 is 17.2 Å². The molecule has 31 heavy (non-hydrogen) atoms. The number of nitrogens with zero attached hydrogens (tertiary/aromatic N) is 3. The van der Waals surface area contributed by atoms with Crippen molar-refractivity contribution >= 4 is 29.7 Å². The predicted octanol–water partition coefficient (Wildman–Crippen LogP) is 2.46. The number of carbonyl (C=O) groups is 1. The van der Waals surface area contributed by atoms with Crippen molar-refractivity contribution in [2.75, 3.05) is 6.61 Å². The maximum Gasteiger partial charge on any atom is 0.328 e. The van der Waals surface area contributed by atoms with E-state index in [4.69, 9.17) is 21.3 Å². The van der Waals surface area contributed by atoms with Crippen molar-refractivity contribution in [3.63, 3.8) is 0 Å². The number of rotatable bonds is 4. The van der Waals surface area contributed by atoms with Crippen LogP contribution in [0.5, 0.6) is 0 Å². The van der Waals surface area contributed by atoms with Gasteiger partial charge in [0, 0.05) is 30.8 Å². The molecule has 4 rings (SSSR count). The maximum absolute atomic E-state index is 12.8. The lowest BCUT2D eigenvalue weighted by Gasteiger charge is -2.18. The van der Waals surface area contributed by atoms with E-state index in [1.54, 1.807) is 19.3 Å². The molecule has 1 N–H and O–H groups in total. The third kappa shape index (κ3) is 3.86. The number of H-pyrrole nitrogens is 1. The zero-order valence-electron chi connectivity index (χ0n) is 17.3. The van der Waals surface area contributed by atoms with E-state index in [1.165, 1.54) is 11.5 Å². The first-order valence-corrected chi connectivity index (χ1v) is 10.1. The fourth-order valence-corrected chi connectivity index (χ4v) is 4.11. The maximum atomic E-state index is 12.8. The van der Waals surface area contributed by atoms with Gasteiger partial charge in [-0.05, 0) is 36.3 Å². The molecule has 0 saturated carbocycles. The molecule has 2 heterocycles. The lowest BCUT2D eigenvalue weighted by molar-refractivity contribution is -0.141. The first-order chi connectivity index (χ1) is 14.8. The number of carbonyl (C=O) groups excluding carboxylic acids is 1. The highest BCUT2D eigenvalue weighted by Gasteiger charge is 2.30. The Hall–Kier alpha value is -3.39. The SMILES string of the molecule is CC(=O)OCCn1c(C)nc2c1C=Cc1cc(Cl)ccc1C2c1cn(C)c(=O)[nH]c1=O. The van der Waals surface area contributed by atoms with Gasteiger partial charge in [-0.15, -0.1) is 0 Å². The summed E-state index contributed by atoms with van der Waals surface area (Å²) in [6.07, 6.45) is 5.40. The summed E-state index contributed by atoms with van der Waals surface area (Å²) in [5.74, 6) is -0.136. The van der Waals surface area contributed by atoms with Crippen molar-refractivity contribution in [1.29, 1.82) is 0 Å². The summed E-state index contributed by atoms with van der Waals surface area (Å²) in [7, 11) is 1.59. The van der Waals surface area contributed by atoms with Gasteiger partial charge in [0.1, 0.15) is 12.4 Å². The van der Waals surface area contributed by atoms with E-state index in [1.807, 2.05) is 35.8 Å². The van der Waals surface area contributed by atoms with Gasteiger partial charge in [-0.3, -0.25) is 14.6 Å². The third-order valence-corrected chi connectivity index (χ3v) is 5.58. The Labute approximate surface area is 182 Å². The number of benzene rings is 1. The summed E-state index contributed by atoms with van der Waals surface area (Å²) in [4.78, 5) is 43.1. The molecule has 1 unspecified atom stereocenters. The van der Waals surface area contributed by atoms with Crippen LogP contribution in [-0.2, 0) is 23.1 Å². The number of hydrogen-bond acceptors (Lipinski definition) is 5. The molecule has 1 aliphatic rings. The Morgan fingerprint density at radius 3 is 2.77 bits per heavy atom. The summed E-state index contributed by atoms with van der Waals surface area (Å²) in [6.45, 7) is 3.85. The Kier molecular flexibility index (Phi) is 5.41. The summed E-state index contributed by atoms with van der Waals surface area (Å²) >= 11 is 6.22. The zero-order chi connectivity index (χ0) is 22.3. The minimum absolute atomic E-state index is 0.205. The average molecular weight is 441 g/mol. The average Bonchev–Trinajstić information content (AvgIpc) is 2.91. The number of ether oxygens (including phenoxy) is 1. The Bertz CT molecular complexity index is 1330. The number of hydrogen-bond donors (Lipinski definition) is 1. The van der Waals surface area contributed by atoms with E-state index >= 15 is 0 Å². The molecule has 0 bridgehead atoms. The molecular weight excluding hydrogens is 420 g/mol. The monoisotopic (exact) mass is 440 g/mol. The van der Waals surface area contributed by atoms with E-state index in [9.17, 15) is 14.4 Å². The van der Waals surface area contributed by atoms with Crippen LogP contribution in [0.2, 0.25) is 5.02 Å². The van der Waals surface area contributed by atoms with Crippen LogP contribution in [0.25, 0.3) is 12.2 Å². The summed E-state index contributed by atoms with van der Waals surface area (Å²) < 4.78 is 8.40. The van der Waals surface area contributed by atoms with Crippen molar-refractivity contribution in [1.82, 2.24) is 19.1 Å². The van der Waals surface area contributed by atoms with Crippen LogP contribution >= 0.6 is 11.6 Å². The highest BCUT2D eigenvalue weighted by Crippen LogP contribution is 2.38. The first-order valence-electron chi connectivity index (χ1n) is 9.74. The lowest BCUT2D eigenvalue weighted by Crippen LogP contribution is -2.32. The zero-order valence-corrected chi connectivity index (χ0v) is 18.1. The highest BCUT2D eigenvalue weighted by molar-refractivity contribution is 6.30. The second-order valence-electron chi connectivity index (χ2n) is 7.42. The minimum atomic E-state index is -0.513. The third-order valence-electron chi connectivity index (χ3n) is 5.35. The topological polar surface area (TPSA) is 99.0 Å². The number of fused-ring (bicyclic) bond motifs is 2. The molecule has 160 valence electrons. The molecule has 0 spiro atoms. The summed E-state index contributed by atoms with van der Waals surface area (Å²) in [6, 6.07) is 5.48. The number of aromatic nitrogens is 4. The van der Waals surface area contributed by atoms with Gasteiger partial charge in [0.25, 0.3) is 5.56 Å². The van der Waals surface area contributed by atoms with Gasteiger partial charge in [-0.1, -0.05) is 23.7 Å². The number of nitrogens with one attached hydrogen (secondary N) is 1. The van der Waals surface area contributed by atoms with Crippen LogP contribution in [0.3, 0.4) is 0 Å². The van der Waals surface area contributed by atoms with Crippen molar-refractivity contribution in [2.24, 2.45) is 7.05 Å². The standard InChI is InChI=1S/C22H21ClN4O4/c1-12-24-20-18(27(12)8-9-31-13(2)28)7-4-14-10-15(23)5-6-16(14)19(20)17-11-26(3)22(30)25-21(17)29/h4-7,10-11,19H,8-9H2,1-3H3,(H,25,29,30). The van der Waals surface area contributed by atoms with E-state index in [0.717, 1.165) is 22.6 Å². The van der Waals surface area contributed by atoms with Crippen LogP contribution in [0.15, 0.2) is 34.0 Å². The molecular formula is C22H21ClN4O4. The predicted molar refractivity (Wildman–Crippen MR) is 117 cm³/mol. The van der Waals surface area contributed by atoms with Gasteiger partial charge in [0.15, 0.2) is 0 Å². The van der Waals surface area contributed by atoms with E-state index in [-0.39, 0.29) is 12.6 Å². The smallest absolute Gasteiger partial charge is 0.328 e. The van der Waals surface area contributed by atoms with E-state index in [2.05, 4.69) is 4.98 Å². The molecule has 0 saturated heterocycles. The number of imidazole rings is 1. The quantitative estimate of drug-likeness (QED) is 0.491. The molecule has 1 aromatic carbocycles. The molecule has 0 fully saturated rings. The van der Waals surface area contributed by atoms with Crippen molar-refractivity contribution in [2.45, 2.75) is 26.3 Å². The molecule has 1 atom stereocenters. The van der Waals surface area contributed by atoms with Crippen molar-refractivity contribution in [3.05, 3.63) is 84.2 Å². The second-order valence-corrected chi connectivity index (χ2v) is 7.85. The van der Waals surface area contributed by atoms with Crippen molar-refractivity contribution < 1.29 is 9.53 Å². The normalized spacial score (nSPS) is 14.6. The fourth-order valence-electron chi connectivity index (χ4n) is 3.93. The van der Waals surface area contributed by atoms with Gasteiger partial charge >= 0.3 is 11.7 Å². The van der Waals surface area contributed by atoms with Crippen LogP contribution in [0.4, 0.5) is 0 Å². The lowest BCUT2D eigenvalue weighted by atomic mass is 9.87. The fraction of sp³-hybridized carbons (Fsp3) is 0.273. The summed E-state index contributed by atoms with van der Waals surface area (Å²) in [5, 5.41) is 0.574. The highest BCUT2D eigenvalue weighted by atomic mass is 35.5. The first kappa shape index (κ1) is 20.9. The van der Waals surface area contributed by atoms with E-state index in [0.29, 0.717) is 22.8 Å². The van der Waals surface area contributed by atoms with Crippen LogP contribution in [-0.4, -0.2) is 31.7 Å². The molecule has 0 amide bonds. The summed E-state index contributed by atoms with van der Waals surface area (Å²) in [5.41, 5.74) is 2.65. The molecule has 8 nitrogen and oxygen atoms in total. The van der Waals surface area contributed by atoms with Gasteiger partial charge < -0.3 is 13.9 Å². The number of esters is 1. The molecule has 1 aliphatic carbocycles. The molecule has 2 aromatic heterocycles. The van der Waals surface area contributed by atoms with Gasteiger partial charge in [-0.25, -0.2) is 9.78 Å². The van der Waals surface area contributed by atoms with Crippen molar-refractivity contribution in [3.8, 4) is 0 Å². The second kappa shape index (κ2) is 8.03. The molecule has 9 heteroatoms. The van der Waals surface area contributed by atoms with Gasteiger partial charge in [0.2, 0.25) is 0 Å². The molecule has 3 aromatic rings. The number of halogens is 1. The Morgan fingerprint density at radius 1 is 1.26 bits per heavy atom. The Balaban J connectivity index is 1.94. The number of aryl methyl sites for hydroxylation is 2. The number of aromatic amines is 1. The van der Waals surface area contributed by atoms with Crippen LogP contribution in [0.1, 0.15) is 46.7 Å². The molecule has 0 aliphatic heterocycles. The Morgan fingerprint density at radius 2 is 2.03 bits per heavy atom. The largest absolute Gasteiger partial charge is 0.464 e. The minimum Gasteiger partial charge on any atom is -0.464 e.